The van der Waals surface area contributed by atoms with Gasteiger partial charge in [-0.3, -0.25) is 0 Å². The van der Waals surface area contributed by atoms with Crippen LogP contribution in [0.4, 0.5) is 4.39 Å². The fraction of sp³-hybridized carbons (Fsp3) is 0.333. The third-order valence-electron chi connectivity index (χ3n) is 3.60. The Kier molecular flexibility index (Phi) is 4.97. The Morgan fingerprint density at radius 2 is 1.86 bits per heavy atom. The van der Waals surface area contributed by atoms with Gasteiger partial charge in [-0.25, -0.2) is 4.39 Å². The summed E-state index contributed by atoms with van der Waals surface area (Å²) in [6.45, 7) is 6.52. The first-order chi connectivity index (χ1) is 9.99. The van der Waals surface area contributed by atoms with Crippen LogP contribution in [-0.4, -0.2) is 6.61 Å². The molecule has 1 unspecified atom stereocenters. The van der Waals surface area contributed by atoms with Crippen molar-refractivity contribution >= 4 is 0 Å². The Morgan fingerprint density at radius 3 is 2.52 bits per heavy atom. The SMILES string of the molecule is Cc1ccc(C(C)C)cc1OCC(N)c1ccccc1F. The average molecular weight is 287 g/mol. The van der Waals surface area contributed by atoms with Crippen molar-refractivity contribution in [2.24, 2.45) is 5.73 Å². The van der Waals surface area contributed by atoms with Gasteiger partial charge in [-0.2, -0.15) is 0 Å². The molecule has 0 amide bonds. The topological polar surface area (TPSA) is 35.2 Å². The Hall–Kier alpha value is -1.87. The highest BCUT2D eigenvalue weighted by atomic mass is 19.1. The molecule has 2 aromatic rings. The summed E-state index contributed by atoms with van der Waals surface area (Å²) < 4.78 is 19.5. The molecule has 0 bridgehead atoms. The minimum Gasteiger partial charge on any atom is -0.491 e. The van der Waals surface area contributed by atoms with Crippen LogP contribution in [0.5, 0.6) is 5.75 Å². The number of aryl methyl sites for hydroxylation is 1. The zero-order valence-corrected chi connectivity index (χ0v) is 12.8. The molecule has 0 saturated carbocycles. The largest absolute Gasteiger partial charge is 0.491 e. The van der Waals surface area contributed by atoms with Crippen molar-refractivity contribution in [2.75, 3.05) is 6.61 Å². The molecule has 2 nitrogen and oxygen atoms in total. The van der Waals surface area contributed by atoms with Crippen LogP contribution in [0, 0.1) is 12.7 Å². The van der Waals surface area contributed by atoms with E-state index in [1.807, 2.05) is 19.1 Å². The van der Waals surface area contributed by atoms with Crippen molar-refractivity contribution in [2.45, 2.75) is 32.7 Å². The van der Waals surface area contributed by atoms with Crippen LogP contribution in [0.3, 0.4) is 0 Å². The Balaban J connectivity index is 2.09. The molecule has 0 heterocycles. The van der Waals surface area contributed by atoms with E-state index in [4.69, 9.17) is 10.5 Å². The second-order valence-electron chi connectivity index (χ2n) is 5.62. The van der Waals surface area contributed by atoms with E-state index < -0.39 is 6.04 Å². The molecule has 2 rings (SSSR count). The molecule has 0 radical (unpaired) electrons. The van der Waals surface area contributed by atoms with Crippen molar-refractivity contribution in [3.8, 4) is 5.75 Å². The first kappa shape index (κ1) is 15.5. The molecular formula is C18H22FNO. The van der Waals surface area contributed by atoms with Crippen LogP contribution >= 0.6 is 0 Å². The molecule has 3 heteroatoms. The van der Waals surface area contributed by atoms with E-state index in [9.17, 15) is 4.39 Å². The summed E-state index contributed by atoms with van der Waals surface area (Å²) in [6, 6.07) is 12.2. The minimum atomic E-state index is -0.478. The molecule has 0 fully saturated rings. The summed E-state index contributed by atoms with van der Waals surface area (Å²) in [7, 11) is 0. The lowest BCUT2D eigenvalue weighted by Gasteiger charge is -2.17. The number of nitrogens with two attached hydrogens (primary N) is 1. The second-order valence-corrected chi connectivity index (χ2v) is 5.62. The van der Waals surface area contributed by atoms with Crippen LogP contribution in [-0.2, 0) is 0 Å². The van der Waals surface area contributed by atoms with Gasteiger partial charge >= 0.3 is 0 Å². The van der Waals surface area contributed by atoms with E-state index in [2.05, 4.69) is 19.9 Å². The molecule has 0 aliphatic heterocycles. The quantitative estimate of drug-likeness (QED) is 0.888. The third-order valence-corrected chi connectivity index (χ3v) is 3.60. The van der Waals surface area contributed by atoms with E-state index in [-0.39, 0.29) is 12.4 Å². The van der Waals surface area contributed by atoms with Gasteiger partial charge in [0.15, 0.2) is 0 Å². The molecule has 2 N–H and O–H groups in total. The van der Waals surface area contributed by atoms with E-state index in [0.29, 0.717) is 11.5 Å². The van der Waals surface area contributed by atoms with Crippen LogP contribution in [0.15, 0.2) is 42.5 Å². The summed E-state index contributed by atoms with van der Waals surface area (Å²) in [4.78, 5) is 0. The number of rotatable bonds is 5. The zero-order valence-electron chi connectivity index (χ0n) is 12.8. The molecule has 0 saturated heterocycles. The summed E-state index contributed by atoms with van der Waals surface area (Å²) in [5, 5.41) is 0. The second kappa shape index (κ2) is 6.72. The van der Waals surface area contributed by atoms with Gasteiger partial charge in [0.1, 0.15) is 18.2 Å². The number of hydrogen-bond acceptors (Lipinski definition) is 2. The number of benzene rings is 2. The highest BCUT2D eigenvalue weighted by Crippen LogP contribution is 2.25. The lowest BCUT2D eigenvalue weighted by atomic mass is 10.0. The molecular weight excluding hydrogens is 265 g/mol. The monoisotopic (exact) mass is 287 g/mol. The Morgan fingerprint density at radius 1 is 1.14 bits per heavy atom. The molecule has 0 spiro atoms. The van der Waals surface area contributed by atoms with Gasteiger partial charge in [0.25, 0.3) is 0 Å². The van der Waals surface area contributed by atoms with Gasteiger partial charge in [-0.15, -0.1) is 0 Å². The fourth-order valence-corrected chi connectivity index (χ4v) is 2.18. The minimum absolute atomic E-state index is 0.253. The van der Waals surface area contributed by atoms with Gasteiger partial charge < -0.3 is 10.5 Å². The molecule has 0 aromatic heterocycles. The summed E-state index contributed by atoms with van der Waals surface area (Å²) in [6.07, 6.45) is 0. The first-order valence-corrected chi connectivity index (χ1v) is 7.22. The summed E-state index contributed by atoms with van der Waals surface area (Å²) in [5.74, 6) is 0.961. The normalized spacial score (nSPS) is 12.5. The molecule has 0 aliphatic carbocycles. The highest BCUT2D eigenvalue weighted by molar-refractivity contribution is 5.38. The van der Waals surface area contributed by atoms with Crippen molar-refractivity contribution in [1.29, 1.82) is 0 Å². The van der Waals surface area contributed by atoms with Crippen molar-refractivity contribution < 1.29 is 9.13 Å². The fourth-order valence-electron chi connectivity index (χ4n) is 2.18. The number of hydrogen-bond donors (Lipinski definition) is 1. The maximum atomic E-state index is 13.7. The molecule has 21 heavy (non-hydrogen) atoms. The van der Waals surface area contributed by atoms with E-state index >= 15 is 0 Å². The van der Waals surface area contributed by atoms with Gasteiger partial charge in [0, 0.05) is 5.56 Å². The summed E-state index contributed by atoms with van der Waals surface area (Å²) >= 11 is 0. The average Bonchev–Trinajstić information content (AvgIpc) is 2.46. The molecule has 2 aromatic carbocycles. The standard InChI is InChI=1S/C18H22FNO/c1-12(2)14-9-8-13(3)18(10-14)21-11-17(20)15-6-4-5-7-16(15)19/h4-10,12,17H,11,20H2,1-3H3. The predicted molar refractivity (Wildman–Crippen MR) is 84.1 cm³/mol. The van der Waals surface area contributed by atoms with Gasteiger partial charge in [-0.1, -0.05) is 44.2 Å². The first-order valence-electron chi connectivity index (χ1n) is 7.22. The van der Waals surface area contributed by atoms with E-state index in [1.165, 1.54) is 11.6 Å². The van der Waals surface area contributed by atoms with Gasteiger partial charge in [-0.05, 0) is 36.1 Å². The number of ether oxygens (including phenoxy) is 1. The van der Waals surface area contributed by atoms with Crippen LogP contribution in [0.25, 0.3) is 0 Å². The maximum Gasteiger partial charge on any atom is 0.128 e. The van der Waals surface area contributed by atoms with Crippen LogP contribution in [0.2, 0.25) is 0 Å². The smallest absolute Gasteiger partial charge is 0.128 e. The highest BCUT2D eigenvalue weighted by Gasteiger charge is 2.12. The molecule has 0 aliphatic rings. The van der Waals surface area contributed by atoms with Crippen molar-refractivity contribution in [1.82, 2.24) is 0 Å². The van der Waals surface area contributed by atoms with Gasteiger partial charge in [0.2, 0.25) is 0 Å². The predicted octanol–water partition coefficient (Wildman–Crippen LogP) is 4.34. The number of halogens is 1. The molecule has 112 valence electrons. The van der Waals surface area contributed by atoms with E-state index in [0.717, 1.165) is 11.3 Å². The van der Waals surface area contributed by atoms with Crippen molar-refractivity contribution in [3.05, 3.63) is 65.0 Å². The van der Waals surface area contributed by atoms with Crippen LogP contribution < -0.4 is 10.5 Å². The maximum absolute atomic E-state index is 13.7. The lowest BCUT2D eigenvalue weighted by molar-refractivity contribution is 0.285. The Bertz CT molecular complexity index is 610. The Labute approximate surface area is 125 Å². The van der Waals surface area contributed by atoms with E-state index in [1.54, 1.807) is 18.2 Å². The molecule has 1 atom stereocenters. The lowest BCUT2D eigenvalue weighted by Crippen LogP contribution is -2.20. The zero-order chi connectivity index (χ0) is 15.4. The summed E-state index contributed by atoms with van der Waals surface area (Å²) in [5.41, 5.74) is 8.78. The van der Waals surface area contributed by atoms with Crippen LogP contribution in [0.1, 0.15) is 42.5 Å². The van der Waals surface area contributed by atoms with Gasteiger partial charge in [0.05, 0.1) is 6.04 Å². The third kappa shape index (κ3) is 3.82. The van der Waals surface area contributed by atoms with Crippen molar-refractivity contribution in [3.63, 3.8) is 0 Å².